The molecular weight excluding hydrogens is 500 g/mol. The van der Waals surface area contributed by atoms with E-state index < -0.39 is 41.4 Å². The molecule has 0 fully saturated rings. The van der Waals surface area contributed by atoms with Crippen molar-refractivity contribution in [1.82, 2.24) is 0 Å². The van der Waals surface area contributed by atoms with Gasteiger partial charge in [0.05, 0.1) is 29.6 Å². The minimum absolute atomic E-state index is 0.0538. The van der Waals surface area contributed by atoms with Crippen LogP contribution in [0.5, 0.6) is 0 Å². The highest BCUT2D eigenvalue weighted by Gasteiger charge is 2.37. The third-order valence-electron chi connectivity index (χ3n) is 5.74. The molecule has 0 spiro atoms. The Morgan fingerprint density at radius 3 is 2.24 bits per heavy atom. The first-order chi connectivity index (χ1) is 17.3. The van der Waals surface area contributed by atoms with Gasteiger partial charge in [0.25, 0.3) is 0 Å². The summed E-state index contributed by atoms with van der Waals surface area (Å²) in [7, 11) is 0. The highest BCUT2D eigenvalue weighted by atomic mass is 19.4. The molecule has 0 aromatic heterocycles. The standard InChI is InChI=1S/C27H27F6NO3/c1-4-36-25(35)23(22-10-9-17-7-5-6-8-21(17)22)15-37-24(11-16(2)3)34-20-13-18(26(28,29)30)12-19(14-20)27(31,32)33/h5-8,11-15,22,24,34H,4,9-10H2,1-3H3/b23-15+. The van der Waals surface area contributed by atoms with E-state index in [0.29, 0.717) is 24.1 Å². The molecule has 0 aliphatic heterocycles. The fourth-order valence-electron chi connectivity index (χ4n) is 4.13. The molecule has 1 N–H and O–H groups in total. The largest absolute Gasteiger partial charge is 0.474 e. The van der Waals surface area contributed by atoms with Crippen LogP contribution in [0.25, 0.3) is 0 Å². The summed E-state index contributed by atoms with van der Waals surface area (Å²) in [6.45, 7) is 5.14. The van der Waals surface area contributed by atoms with Crippen LogP contribution in [0.3, 0.4) is 0 Å². The molecule has 0 radical (unpaired) electrons. The van der Waals surface area contributed by atoms with Crippen LogP contribution < -0.4 is 5.32 Å². The van der Waals surface area contributed by atoms with E-state index in [9.17, 15) is 31.1 Å². The number of hydrogen-bond acceptors (Lipinski definition) is 4. The number of nitrogens with one attached hydrogen (secondary N) is 1. The number of carbonyl (C=O) groups excluding carboxylic acids is 1. The zero-order valence-electron chi connectivity index (χ0n) is 20.5. The molecule has 2 aromatic rings. The van der Waals surface area contributed by atoms with Crippen LogP contribution in [0.2, 0.25) is 0 Å². The minimum atomic E-state index is -4.99. The number of fused-ring (bicyclic) bond motifs is 1. The number of benzene rings is 2. The fraction of sp³-hybridized carbons (Fsp3) is 0.370. The van der Waals surface area contributed by atoms with Crippen LogP contribution >= 0.6 is 0 Å². The average molecular weight is 528 g/mol. The van der Waals surface area contributed by atoms with E-state index in [4.69, 9.17) is 9.47 Å². The third kappa shape index (κ3) is 7.30. The molecule has 0 heterocycles. The number of aryl methyl sites for hydroxylation is 1. The Labute approximate surface area is 211 Å². The van der Waals surface area contributed by atoms with Gasteiger partial charge < -0.3 is 14.8 Å². The predicted molar refractivity (Wildman–Crippen MR) is 127 cm³/mol. The van der Waals surface area contributed by atoms with E-state index in [-0.39, 0.29) is 24.2 Å². The number of hydrogen-bond donors (Lipinski definition) is 1. The normalized spacial score (nSPS) is 16.6. The molecule has 4 nitrogen and oxygen atoms in total. The number of rotatable bonds is 8. The van der Waals surface area contributed by atoms with Crippen LogP contribution in [-0.4, -0.2) is 18.8 Å². The van der Waals surface area contributed by atoms with Gasteiger partial charge in [0.2, 0.25) is 0 Å². The quantitative estimate of drug-likeness (QED) is 0.0958. The number of carbonyl (C=O) groups is 1. The monoisotopic (exact) mass is 527 g/mol. The molecule has 2 unspecified atom stereocenters. The van der Waals surface area contributed by atoms with Crippen molar-refractivity contribution >= 4 is 11.7 Å². The zero-order chi connectivity index (χ0) is 27.4. The summed E-state index contributed by atoms with van der Waals surface area (Å²) in [5, 5.41) is 2.58. The van der Waals surface area contributed by atoms with Crippen LogP contribution in [0.15, 0.2) is 65.9 Å². The molecule has 1 aliphatic rings. The Hall–Kier alpha value is -3.43. The van der Waals surface area contributed by atoms with E-state index in [2.05, 4.69) is 5.32 Å². The maximum absolute atomic E-state index is 13.3. The lowest BCUT2D eigenvalue weighted by atomic mass is 9.93. The molecule has 10 heteroatoms. The maximum atomic E-state index is 13.3. The second kappa shape index (κ2) is 11.3. The van der Waals surface area contributed by atoms with Gasteiger partial charge in [0.1, 0.15) is 0 Å². The second-order valence-corrected chi connectivity index (χ2v) is 8.82. The van der Waals surface area contributed by atoms with E-state index in [0.717, 1.165) is 17.5 Å². The van der Waals surface area contributed by atoms with Gasteiger partial charge in [-0.1, -0.05) is 29.8 Å². The van der Waals surface area contributed by atoms with Gasteiger partial charge in [0, 0.05) is 11.6 Å². The van der Waals surface area contributed by atoms with Gasteiger partial charge in [-0.25, -0.2) is 4.79 Å². The summed E-state index contributed by atoms with van der Waals surface area (Å²) in [6.07, 6.45) is -7.13. The van der Waals surface area contributed by atoms with Crippen LogP contribution in [0, 0.1) is 0 Å². The highest BCUT2D eigenvalue weighted by Crippen LogP contribution is 2.40. The molecule has 2 atom stereocenters. The first-order valence-electron chi connectivity index (χ1n) is 11.6. The van der Waals surface area contributed by atoms with Crippen molar-refractivity contribution in [2.45, 2.75) is 58.1 Å². The summed E-state index contributed by atoms with van der Waals surface area (Å²) in [6, 6.07) is 8.80. The molecule has 2 aromatic carbocycles. The van der Waals surface area contributed by atoms with Crippen LogP contribution in [0.1, 0.15) is 55.4 Å². The van der Waals surface area contributed by atoms with E-state index in [1.54, 1.807) is 20.8 Å². The molecule has 1 aliphatic carbocycles. The maximum Gasteiger partial charge on any atom is 0.416 e. The third-order valence-corrected chi connectivity index (χ3v) is 5.74. The Bertz CT molecular complexity index is 1150. The van der Waals surface area contributed by atoms with Crippen molar-refractivity contribution < 1.29 is 40.6 Å². The van der Waals surface area contributed by atoms with Crippen LogP contribution in [-0.2, 0) is 33.0 Å². The van der Waals surface area contributed by atoms with Gasteiger partial charge in [-0.2, -0.15) is 26.3 Å². The van der Waals surface area contributed by atoms with Gasteiger partial charge >= 0.3 is 18.3 Å². The molecule has 0 saturated carbocycles. The molecule has 37 heavy (non-hydrogen) atoms. The summed E-state index contributed by atoms with van der Waals surface area (Å²) in [5.41, 5.74) is -0.451. The van der Waals surface area contributed by atoms with Crippen molar-refractivity contribution in [3.05, 3.63) is 88.2 Å². The Balaban J connectivity index is 1.97. The van der Waals surface area contributed by atoms with Crippen LogP contribution in [0.4, 0.5) is 32.0 Å². The first-order valence-corrected chi connectivity index (χ1v) is 11.6. The molecule has 0 saturated heterocycles. The molecule has 3 rings (SSSR count). The lowest BCUT2D eigenvalue weighted by Gasteiger charge is -2.21. The van der Waals surface area contributed by atoms with Crippen molar-refractivity contribution in [2.75, 3.05) is 11.9 Å². The van der Waals surface area contributed by atoms with Gasteiger partial charge in [-0.3, -0.25) is 0 Å². The van der Waals surface area contributed by atoms with E-state index in [1.165, 1.54) is 12.3 Å². The first kappa shape index (κ1) is 28.1. The topological polar surface area (TPSA) is 47.6 Å². The lowest BCUT2D eigenvalue weighted by molar-refractivity contribution is -0.143. The summed E-state index contributed by atoms with van der Waals surface area (Å²) in [4.78, 5) is 12.8. The number of allylic oxidation sites excluding steroid dienone is 1. The number of esters is 1. The molecule has 0 amide bonds. The summed E-state index contributed by atoms with van der Waals surface area (Å²) in [5.74, 6) is -0.938. The highest BCUT2D eigenvalue weighted by molar-refractivity contribution is 5.90. The van der Waals surface area contributed by atoms with Gasteiger partial charge in [-0.15, -0.1) is 0 Å². The summed E-state index contributed by atoms with van der Waals surface area (Å²) < 4.78 is 90.7. The Morgan fingerprint density at radius 1 is 1.05 bits per heavy atom. The second-order valence-electron chi connectivity index (χ2n) is 8.82. The molecule has 200 valence electrons. The predicted octanol–water partition coefficient (Wildman–Crippen LogP) is 7.62. The average Bonchev–Trinajstić information content (AvgIpc) is 3.21. The van der Waals surface area contributed by atoms with Gasteiger partial charge in [0.15, 0.2) is 6.23 Å². The zero-order valence-corrected chi connectivity index (χ0v) is 20.5. The molecule has 0 bridgehead atoms. The van der Waals surface area contributed by atoms with Crippen molar-refractivity contribution in [3.8, 4) is 0 Å². The number of halogens is 6. The van der Waals surface area contributed by atoms with Gasteiger partial charge in [-0.05, 0) is 69.0 Å². The van der Waals surface area contributed by atoms with E-state index >= 15 is 0 Å². The Kier molecular flexibility index (Phi) is 8.60. The number of ether oxygens (including phenoxy) is 2. The smallest absolute Gasteiger partial charge is 0.416 e. The summed E-state index contributed by atoms with van der Waals surface area (Å²) >= 11 is 0. The number of alkyl halides is 6. The number of anilines is 1. The lowest BCUT2D eigenvalue weighted by Crippen LogP contribution is -2.22. The minimum Gasteiger partial charge on any atom is -0.474 e. The SMILES string of the molecule is CCOC(=O)/C(=C/OC(C=C(C)C)Nc1cc(C(F)(F)F)cc(C(F)(F)F)c1)C1CCc2ccccc21. The molecular formula is C27H27F6NO3. The fourth-order valence-corrected chi connectivity index (χ4v) is 4.13. The van der Waals surface area contributed by atoms with Crippen molar-refractivity contribution in [2.24, 2.45) is 0 Å². The van der Waals surface area contributed by atoms with E-state index in [1.807, 2.05) is 24.3 Å². The van der Waals surface area contributed by atoms with Crippen molar-refractivity contribution in [3.63, 3.8) is 0 Å². The Morgan fingerprint density at radius 2 is 1.68 bits per heavy atom. The van der Waals surface area contributed by atoms with Crippen molar-refractivity contribution in [1.29, 1.82) is 0 Å².